The van der Waals surface area contributed by atoms with E-state index in [1.807, 2.05) is 13.8 Å². The third kappa shape index (κ3) is 4.16. The summed E-state index contributed by atoms with van der Waals surface area (Å²) in [4.78, 5) is 0. The molecule has 1 atom stereocenters. The highest BCUT2D eigenvalue weighted by Crippen LogP contribution is 2.41. The molecular formula is C14H20ClNO4. The summed E-state index contributed by atoms with van der Waals surface area (Å²) < 4.78 is 16.6. The van der Waals surface area contributed by atoms with Crippen molar-refractivity contribution < 1.29 is 19.3 Å². The molecule has 1 aromatic rings. The van der Waals surface area contributed by atoms with Crippen molar-refractivity contribution in [2.75, 3.05) is 26.4 Å². The smallest absolute Gasteiger partial charge is 0.203 e. The number of aliphatic hydroxyl groups is 1. The van der Waals surface area contributed by atoms with E-state index in [4.69, 9.17) is 25.8 Å². The predicted octanol–water partition coefficient (Wildman–Crippen LogP) is 1.85. The highest BCUT2D eigenvalue weighted by molar-refractivity contribution is 6.31. The third-order valence-electron chi connectivity index (χ3n) is 2.77. The molecule has 1 aliphatic rings. The van der Waals surface area contributed by atoms with E-state index in [1.165, 1.54) is 0 Å². The molecule has 20 heavy (non-hydrogen) atoms. The first-order chi connectivity index (χ1) is 9.56. The molecular weight excluding hydrogens is 282 g/mol. The van der Waals surface area contributed by atoms with E-state index in [-0.39, 0.29) is 6.61 Å². The van der Waals surface area contributed by atoms with Gasteiger partial charge in [0.1, 0.15) is 25.9 Å². The number of hydrogen-bond donors (Lipinski definition) is 2. The minimum atomic E-state index is -0.600. The Morgan fingerprint density at radius 2 is 2.10 bits per heavy atom. The predicted molar refractivity (Wildman–Crippen MR) is 77.1 cm³/mol. The van der Waals surface area contributed by atoms with Gasteiger partial charge in [0.05, 0.1) is 0 Å². The highest BCUT2D eigenvalue weighted by Gasteiger charge is 2.19. The first-order valence-corrected chi connectivity index (χ1v) is 7.07. The summed E-state index contributed by atoms with van der Waals surface area (Å²) in [7, 11) is 0. The van der Waals surface area contributed by atoms with Crippen LogP contribution >= 0.6 is 11.6 Å². The van der Waals surface area contributed by atoms with E-state index in [2.05, 4.69) is 5.32 Å². The van der Waals surface area contributed by atoms with Crippen LogP contribution in [-0.2, 0) is 0 Å². The van der Waals surface area contributed by atoms with Gasteiger partial charge in [0.2, 0.25) is 5.75 Å². The normalized spacial score (nSPS) is 15.2. The maximum absolute atomic E-state index is 9.84. The fraction of sp³-hybridized carbons (Fsp3) is 0.571. The van der Waals surface area contributed by atoms with Gasteiger partial charge in [0.25, 0.3) is 0 Å². The van der Waals surface area contributed by atoms with Crippen LogP contribution in [0.4, 0.5) is 0 Å². The zero-order chi connectivity index (χ0) is 14.5. The minimum Gasteiger partial charge on any atom is -0.487 e. The molecule has 1 aromatic carbocycles. The highest BCUT2D eigenvalue weighted by atomic mass is 35.5. The Hall–Kier alpha value is -1.17. The van der Waals surface area contributed by atoms with E-state index in [1.54, 1.807) is 12.1 Å². The van der Waals surface area contributed by atoms with Crippen molar-refractivity contribution in [1.82, 2.24) is 5.32 Å². The lowest BCUT2D eigenvalue weighted by molar-refractivity contribution is 0.0984. The standard InChI is InChI=1S/C14H20ClNO4/c1-9(2)16-7-11(17)8-20-13-6-10(15)5-12-14(13)19-4-3-18-12/h5-6,9,11,16-17H,3-4,7-8H2,1-2H3. The van der Waals surface area contributed by atoms with Gasteiger partial charge in [0.15, 0.2) is 11.5 Å². The van der Waals surface area contributed by atoms with Crippen LogP contribution in [0.1, 0.15) is 13.8 Å². The Morgan fingerprint density at radius 1 is 1.35 bits per heavy atom. The number of halogens is 1. The molecule has 1 unspecified atom stereocenters. The van der Waals surface area contributed by atoms with E-state index in [0.29, 0.717) is 48.1 Å². The summed E-state index contributed by atoms with van der Waals surface area (Å²) in [5.74, 6) is 1.62. The van der Waals surface area contributed by atoms with Crippen LogP contribution in [0.5, 0.6) is 17.2 Å². The molecule has 0 saturated heterocycles. The molecule has 0 aromatic heterocycles. The molecule has 0 aliphatic carbocycles. The maximum atomic E-state index is 9.84. The summed E-state index contributed by atoms with van der Waals surface area (Å²) >= 11 is 6.01. The monoisotopic (exact) mass is 301 g/mol. The Labute approximate surface area is 123 Å². The molecule has 112 valence electrons. The van der Waals surface area contributed by atoms with Crippen molar-refractivity contribution in [2.45, 2.75) is 26.0 Å². The van der Waals surface area contributed by atoms with E-state index >= 15 is 0 Å². The minimum absolute atomic E-state index is 0.163. The lowest BCUT2D eigenvalue weighted by Gasteiger charge is -2.22. The van der Waals surface area contributed by atoms with Crippen molar-refractivity contribution in [2.24, 2.45) is 0 Å². The Bertz CT molecular complexity index is 453. The van der Waals surface area contributed by atoms with Gasteiger partial charge in [-0.1, -0.05) is 25.4 Å². The summed E-state index contributed by atoms with van der Waals surface area (Å²) in [6.07, 6.45) is -0.600. The van der Waals surface area contributed by atoms with Crippen LogP contribution in [0.25, 0.3) is 0 Å². The Morgan fingerprint density at radius 3 is 2.85 bits per heavy atom. The van der Waals surface area contributed by atoms with Crippen LogP contribution in [0.2, 0.25) is 5.02 Å². The lowest BCUT2D eigenvalue weighted by Crippen LogP contribution is -2.35. The van der Waals surface area contributed by atoms with Crippen LogP contribution in [0, 0.1) is 0 Å². The van der Waals surface area contributed by atoms with Gasteiger partial charge in [0, 0.05) is 29.7 Å². The topological polar surface area (TPSA) is 60.0 Å². The summed E-state index contributed by atoms with van der Waals surface area (Å²) in [5.41, 5.74) is 0. The molecule has 0 saturated carbocycles. The van der Waals surface area contributed by atoms with Crippen molar-refractivity contribution in [3.8, 4) is 17.2 Å². The number of nitrogens with one attached hydrogen (secondary N) is 1. The number of rotatable bonds is 6. The third-order valence-corrected chi connectivity index (χ3v) is 2.98. The second-order valence-corrected chi connectivity index (χ2v) is 5.39. The van der Waals surface area contributed by atoms with Gasteiger partial charge >= 0.3 is 0 Å². The summed E-state index contributed by atoms with van der Waals surface area (Å²) in [5, 5.41) is 13.5. The SMILES string of the molecule is CC(C)NCC(O)COc1cc(Cl)cc2c1OCCO2. The second kappa shape index (κ2) is 7.02. The van der Waals surface area contributed by atoms with Crippen LogP contribution in [0.3, 0.4) is 0 Å². The summed E-state index contributed by atoms with van der Waals surface area (Å²) in [6, 6.07) is 3.68. The van der Waals surface area contributed by atoms with Crippen molar-refractivity contribution in [1.29, 1.82) is 0 Å². The first kappa shape index (κ1) is 15.2. The van der Waals surface area contributed by atoms with Crippen molar-refractivity contribution in [3.63, 3.8) is 0 Å². The number of ether oxygens (including phenoxy) is 3. The first-order valence-electron chi connectivity index (χ1n) is 6.69. The van der Waals surface area contributed by atoms with Crippen LogP contribution < -0.4 is 19.5 Å². The maximum Gasteiger partial charge on any atom is 0.203 e. The van der Waals surface area contributed by atoms with E-state index in [0.717, 1.165) is 0 Å². The molecule has 2 N–H and O–H groups in total. The molecule has 0 radical (unpaired) electrons. The molecule has 1 heterocycles. The Kier molecular flexibility index (Phi) is 5.34. The van der Waals surface area contributed by atoms with E-state index in [9.17, 15) is 5.11 Å². The van der Waals surface area contributed by atoms with Crippen molar-refractivity contribution >= 4 is 11.6 Å². The van der Waals surface area contributed by atoms with Gasteiger partial charge in [-0.2, -0.15) is 0 Å². The number of fused-ring (bicyclic) bond motifs is 1. The molecule has 1 aliphatic heterocycles. The Balaban J connectivity index is 1.97. The lowest BCUT2D eigenvalue weighted by atomic mass is 10.2. The largest absolute Gasteiger partial charge is 0.487 e. The number of benzene rings is 1. The fourth-order valence-electron chi connectivity index (χ4n) is 1.81. The number of hydrogen-bond acceptors (Lipinski definition) is 5. The van der Waals surface area contributed by atoms with Crippen LogP contribution in [-0.4, -0.2) is 43.6 Å². The molecule has 5 nitrogen and oxygen atoms in total. The van der Waals surface area contributed by atoms with Gasteiger partial charge in [-0.3, -0.25) is 0 Å². The van der Waals surface area contributed by atoms with Gasteiger partial charge in [-0.05, 0) is 0 Å². The zero-order valence-corrected chi connectivity index (χ0v) is 12.4. The summed E-state index contributed by atoms with van der Waals surface area (Å²) in [6.45, 7) is 5.64. The quantitative estimate of drug-likeness (QED) is 0.840. The molecule has 0 amide bonds. The zero-order valence-electron chi connectivity index (χ0n) is 11.7. The molecule has 0 bridgehead atoms. The average Bonchev–Trinajstić information content (AvgIpc) is 2.42. The van der Waals surface area contributed by atoms with Gasteiger partial charge < -0.3 is 24.6 Å². The molecule has 0 fully saturated rings. The average molecular weight is 302 g/mol. The second-order valence-electron chi connectivity index (χ2n) is 4.96. The van der Waals surface area contributed by atoms with Gasteiger partial charge in [-0.25, -0.2) is 0 Å². The molecule has 6 heteroatoms. The fourth-order valence-corrected chi connectivity index (χ4v) is 2.01. The molecule has 0 spiro atoms. The van der Waals surface area contributed by atoms with E-state index < -0.39 is 6.10 Å². The number of aliphatic hydroxyl groups excluding tert-OH is 1. The van der Waals surface area contributed by atoms with Gasteiger partial charge in [-0.15, -0.1) is 0 Å². The van der Waals surface area contributed by atoms with Crippen molar-refractivity contribution in [3.05, 3.63) is 17.2 Å². The van der Waals surface area contributed by atoms with Crippen LogP contribution in [0.15, 0.2) is 12.1 Å². The molecule has 2 rings (SSSR count).